The van der Waals surface area contributed by atoms with Crippen molar-refractivity contribution in [3.63, 3.8) is 0 Å². The third-order valence-corrected chi connectivity index (χ3v) is 6.68. The second-order valence-corrected chi connectivity index (χ2v) is 8.33. The summed E-state index contributed by atoms with van der Waals surface area (Å²) in [5.74, 6) is -0.299. The van der Waals surface area contributed by atoms with Crippen LogP contribution in [-0.2, 0) is 29.5 Å². The van der Waals surface area contributed by atoms with Gasteiger partial charge in [-0.2, -0.15) is 5.10 Å². The topological polar surface area (TPSA) is 83.0 Å². The summed E-state index contributed by atoms with van der Waals surface area (Å²) in [6.07, 6.45) is 6.93. The molecule has 7 heteroatoms. The number of esters is 1. The third kappa shape index (κ3) is 3.42. The Morgan fingerprint density at radius 1 is 1.36 bits per heavy atom. The van der Waals surface area contributed by atoms with Crippen molar-refractivity contribution in [3.8, 4) is 0 Å². The van der Waals surface area contributed by atoms with Gasteiger partial charge in [0, 0.05) is 16.8 Å². The molecule has 4 rings (SSSR count). The molecule has 0 saturated heterocycles. The molecule has 1 aliphatic carbocycles. The van der Waals surface area contributed by atoms with Crippen molar-refractivity contribution in [3.05, 3.63) is 64.6 Å². The lowest BCUT2D eigenvalue weighted by molar-refractivity contribution is 0.0526. The Balaban J connectivity index is 1.68. The molecule has 2 heterocycles. The molecule has 0 amide bonds. The fourth-order valence-electron chi connectivity index (χ4n) is 4.20. The lowest BCUT2D eigenvalue weighted by atomic mass is 9.67. The largest absolute Gasteiger partial charge is 0.462 e. The minimum atomic E-state index is -0.299. The predicted molar refractivity (Wildman–Crippen MR) is 109 cm³/mol. The molecule has 1 unspecified atom stereocenters. The summed E-state index contributed by atoms with van der Waals surface area (Å²) in [4.78, 5) is 17.7. The number of carbonyl (C=O) groups excluding carboxylic acids is 1. The van der Waals surface area contributed by atoms with Gasteiger partial charge in [-0.3, -0.25) is 4.68 Å². The molecule has 28 heavy (non-hydrogen) atoms. The van der Waals surface area contributed by atoms with E-state index in [-0.39, 0.29) is 11.4 Å². The zero-order valence-electron chi connectivity index (χ0n) is 15.9. The zero-order chi connectivity index (χ0) is 19.6. The van der Waals surface area contributed by atoms with E-state index in [2.05, 4.69) is 34.3 Å². The van der Waals surface area contributed by atoms with Gasteiger partial charge in [0.1, 0.15) is 17.7 Å². The van der Waals surface area contributed by atoms with Gasteiger partial charge in [-0.25, -0.2) is 9.78 Å². The fraction of sp³-hybridized carbons (Fsp3) is 0.381. The van der Waals surface area contributed by atoms with E-state index in [4.69, 9.17) is 10.5 Å². The van der Waals surface area contributed by atoms with Crippen LogP contribution >= 0.6 is 11.3 Å². The first-order valence-corrected chi connectivity index (χ1v) is 10.4. The van der Waals surface area contributed by atoms with Crippen LogP contribution < -0.4 is 5.73 Å². The summed E-state index contributed by atoms with van der Waals surface area (Å²) in [6.45, 7) is 2.97. The van der Waals surface area contributed by atoms with E-state index >= 15 is 0 Å². The number of hydrogen-bond acceptors (Lipinski definition) is 6. The van der Waals surface area contributed by atoms with Crippen molar-refractivity contribution in [2.75, 3.05) is 12.3 Å². The summed E-state index contributed by atoms with van der Waals surface area (Å²) in [7, 11) is 0. The number of benzene rings is 1. The summed E-state index contributed by atoms with van der Waals surface area (Å²) in [5, 5.41) is 4.83. The Labute approximate surface area is 168 Å². The molecule has 1 aliphatic rings. The van der Waals surface area contributed by atoms with Crippen molar-refractivity contribution in [2.45, 2.75) is 44.6 Å². The van der Waals surface area contributed by atoms with E-state index < -0.39 is 0 Å². The van der Waals surface area contributed by atoms with Crippen LogP contribution in [-0.4, -0.2) is 27.3 Å². The quantitative estimate of drug-likeness (QED) is 0.644. The van der Waals surface area contributed by atoms with Crippen LogP contribution in [0.15, 0.2) is 43.0 Å². The molecule has 0 fully saturated rings. The van der Waals surface area contributed by atoms with Crippen molar-refractivity contribution < 1.29 is 9.53 Å². The minimum Gasteiger partial charge on any atom is -0.462 e. The second-order valence-electron chi connectivity index (χ2n) is 7.20. The summed E-state index contributed by atoms with van der Waals surface area (Å²) in [6, 6.07) is 10.6. The van der Waals surface area contributed by atoms with Crippen LogP contribution in [0.5, 0.6) is 0 Å². The number of anilines is 1. The first-order chi connectivity index (χ1) is 13.6. The Kier molecular flexibility index (Phi) is 5.17. The van der Waals surface area contributed by atoms with Crippen molar-refractivity contribution in [2.24, 2.45) is 0 Å². The number of nitrogen functional groups attached to an aromatic ring is 1. The van der Waals surface area contributed by atoms with Gasteiger partial charge in [-0.05, 0) is 43.7 Å². The van der Waals surface area contributed by atoms with Crippen molar-refractivity contribution in [1.82, 2.24) is 14.8 Å². The molecule has 1 aromatic carbocycles. The van der Waals surface area contributed by atoms with E-state index in [0.717, 1.165) is 37.8 Å². The highest BCUT2D eigenvalue weighted by atomic mass is 32.1. The number of nitrogens with two attached hydrogens (primary N) is 1. The highest BCUT2D eigenvalue weighted by molar-refractivity contribution is 7.16. The first-order valence-electron chi connectivity index (χ1n) is 9.58. The monoisotopic (exact) mass is 396 g/mol. The van der Waals surface area contributed by atoms with Gasteiger partial charge in [0.2, 0.25) is 0 Å². The lowest BCUT2D eigenvalue weighted by Crippen LogP contribution is -2.34. The zero-order valence-corrected chi connectivity index (χ0v) is 16.7. The molecule has 3 aromatic rings. The van der Waals surface area contributed by atoms with Gasteiger partial charge in [0.15, 0.2) is 0 Å². The molecule has 0 radical (unpaired) electrons. The highest BCUT2D eigenvalue weighted by Crippen LogP contribution is 2.46. The van der Waals surface area contributed by atoms with E-state index in [1.54, 1.807) is 12.7 Å². The van der Waals surface area contributed by atoms with Crippen LogP contribution in [0.1, 0.15) is 46.1 Å². The number of aryl methyl sites for hydroxylation is 1. The number of aromatic nitrogens is 3. The Bertz CT molecular complexity index is 952. The Hall–Kier alpha value is -2.67. The molecule has 0 bridgehead atoms. The van der Waals surface area contributed by atoms with E-state index in [0.29, 0.717) is 17.2 Å². The Morgan fingerprint density at radius 3 is 2.89 bits per heavy atom. The number of fused-ring (bicyclic) bond motifs is 1. The van der Waals surface area contributed by atoms with Crippen LogP contribution in [0.4, 0.5) is 5.00 Å². The molecule has 0 saturated carbocycles. The van der Waals surface area contributed by atoms with Gasteiger partial charge in [-0.15, -0.1) is 11.3 Å². The summed E-state index contributed by atoms with van der Waals surface area (Å²) < 4.78 is 7.12. The summed E-state index contributed by atoms with van der Waals surface area (Å²) in [5.41, 5.74) is 9.20. The van der Waals surface area contributed by atoms with Crippen molar-refractivity contribution in [1.29, 1.82) is 0 Å². The van der Waals surface area contributed by atoms with E-state index in [9.17, 15) is 4.79 Å². The molecule has 6 nitrogen and oxygen atoms in total. The van der Waals surface area contributed by atoms with Gasteiger partial charge < -0.3 is 10.5 Å². The van der Waals surface area contributed by atoms with Gasteiger partial charge in [-0.1, -0.05) is 30.3 Å². The Morgan fingerprint density at radius 2 is 2.18 bits per heavy atom. The molecule has 2 aromatic heterocycles. The predicted octanol–water partition coefficient (Wildman–Crippen LogP) is 3.62. The number of nitrogens with zero attached hydrogens (tertiary/aromatic N) is 3. The molecular weight excluding hydrogens is 372 g/mol. The SMILES string of the molecule is CCOC(=O)c1c(N)sc2c1CCC(CCn1cncn1)(c1ccccc1)C2. The second kappa shape index (κ2) is 7.75. The number of thiophene rings is 1. The maximum Gasteiger partial charge on any atom is 0.341 e. The molecule has 0 aliphatic heterocycles. The minimum absolute atomic E-state index is 0.0105. The number of ether oxygens (including phenoxy) is 1. The highest BCUT2D eigenvalue weighted by Gasteiger charge is 2.39. The van der Waals surface area contributed by atoms with E-state index in [1.165, 1.54) is 21.8 Å². The van der Waals surface area contributed by atoms with Gasteiger partial charge >= 0.3 is 5.97 Å². The number of rotatable bonds is 6. The molecular formula is C21H24N4O2S. The number of carbonyl (C=O) groups is 1. The van der Waals surface area contributed by atoms with Crippen LogP contribution in [0.2, 0.25) is 0 Å². The smallest absolute Gasteiger partial charge is 0.341 e. The molecule has 2 N–H and O–H groups in total. The third-order valence-electron chi connectivity index (χ3n) is 5.62. The summed E-state index contributed by atoms with van der Waals surface area (Å²) >= 11 is 1.53. The standard InChI is InChI=1S/C21H24N4O2S/c1-2-27-20(26)18-16-8-9-21(12-17(16)28-19(18)22,15-6-4-3-5-7-15)10-11-25-14-23-13-24-25/h3-7,13-14H,2,8-12,22H2,1H3. The van der Waals surface area contributed by atoms with E-state index in [1.807, 2.05) is 17.7 Å². The molecule has 146 valence electrons. The van der Waals surface area contributed by atoms with Crippen LogP contribution in [0.25, 0.3) is 0 Å². The average molecular weight is 397 g/mol. The number of hydrogen-bond donors (Lipinski definition) is 1. The fourth-order valence-corrected chi connectivity index (χ4v) is 5.45. The average Bonchev–Trinajstić information content (AvgIpc) is 3.33. The molecule has 0 spiro atoms. The lowest BCUT2D eigenvalue weighted by Gasteiger charge is -2.38. The van der Waals surface area contributed by atoms with Gasteiger partial charge in [0.05, 0.1) is 12.2 Å². The first kappa shape index (κ1) is 18.7. The van der Waals surface area contributed by atoms with Gasteiger partial charge in [0.25, 0.3) is 0 Å². The maximum atomic E-state index is 12.4. The molecule has 1 atom stereocenters. The maximum absolute atomic E-state index is 12.4. The normalized spacial score (nSPS) is 18.6. The van der Waals surface area contributed by atoms with Crippen LogP contribution in [0, 0.1) is 0 Å². The van der Waals surface area contributed by atoms with Crippen LogP contribution in [0.3, 0.4) is 0 Å². The van der Waals surface area contributed by atoms with Crippen molar-refractivity contribution >= 4 is 22.3 Å².